The van der Waals surface area contributed by atoms with Gasteiger partial charge in [-0.25, -0.2) is 0 Å². The standard InChI is InChI=1S/C16H32N4/c1-14(2)12-20(10-9-19(4)5)15-7-6-8-16(11-15,13-17)18-3/h14-15,18H,6-12H2,1-5H3. The summed E-state index contributed by atoms with van der Waals surface area (Å²) in [4.78, 5) is 4.85. The van der Waals surface area contributed by atoms with Crippen LogP contribution in [0.5, 0.6) is 0 Å². The van der Waals surface area contributed by atoms with Crippen molar-refractivity contribution in [1.82, 2.24) is 15.1 Å². The summed E-state index contributed by atoms with van der Waals surface area (Å²) in [7, 11) is 6.18. The van der Waals surface area contributed by atoms with Crippen LogP contribution in [0.1, 0.15) is 39.5 Å². The molecule has 0 amide bonds. The molecule has 1 N–H and O–H groups in total. The molecule has 1 fully saturated rings. The Kier molecular flexibility index (Phi) is 6.94. The van der Waals surface area contributed by atoms with E-state index in [4.69, 9.17) is 0 Å². The third kappa shape index (κ3) is 5.05. The van der Waals surface area contributed by atoms with E-state index in [9.17, 15) is 5.26 Å². The van der Waals surface area contributed by atoms with Crippen LogP contribution in [0.3, 0.4) is 0 Å². The summed E-state index contributed by atoms with van der Waals surface area (Å²) in [6.45, 7) is 7.87. The fourth-order valence-corrected chi connectivity index (χ4v) is 3.16. The number of nitriles is 1. The molecule has 2 atom stereocenters. The van der Waals surface area contributed by atoms with Crippen molar-refractivity contribution in [1.29, 1.82) is 5.26 Å². The molecule has 1 aliphatic carbocycles. The molecule has 0 aromatic rings. The van der Waals surface area contributed by atoms with Crippen LogP contribution in [0.2, 0.25) is 0 Å². The van der Waals surface area contributed by atoms with Gasteiger partial charge in [-0.1, -0.05) is 13.8 Å². The van der Waals surface area contributed by atoms with Crippen molar-refractivity contribution in [3.05, 3.63) is 0 Å². The molecule has 1 aliphatic rings. The molecular weight excluding hydrogens is 248 g/mol. The third-order valence-electron chi connectivity index (χ3n) is 4.37. The van der Waals surface area contributed by atoms with Crippen molar-refractivity contribution in [2.75, 3.05) is 40.8 Å². The van der Waals surface area contributed by atoms with Gasteiger partial charge in [0.15, 0.2) is 0 Å². The highest BCUT2D eigenvalue weighted by Crippen LogP contribution is 2.31. The predicted molar refractivity (Wildman–Crippen MR) is 84.6 cm³/mol. The minimum absolute atomic E-state index is 0.309. The maximum Gasteiger partial charge on any atom is 0.108 e. The lowest BCUT2D eigenvalue weighted by Crippen LogP contribution is -2.53. The summed E-state index contributed by atoms with van der Waals surface area (Å²) in [6.07, 6.45) is 4.32. The fraction of sp³-hybridized carbons (Fsp3) is 0.938. The maximum atomic E-state index is 9.50. The van der Waals surface area contributed by atoms with Crippen molar-refractivity contribution in [3.63, 3.8) is 0 Å². The Balaban J connectivity index is 2.71. The quantitative estimate of drug-likeness (QED) is 0.774. The summed E-state index contributed by atoms with van der Waals surface area (Å²) >= 11 is 0. The van der Waals surface area contributed by atoms with Crippen LogP contribution in [-0.4, -0.2) is 62.2 Å². The van der Waals surface area contributed by atoms with Gasteiger partial charge in [0.05, 0.1) is 6.07 Å². The molecule has 1 rings (SSSR count). The first-order valence-corrected chi connectivity index (χ1v) is 7.91. The Morgan fingerprint density at radius 2 is 2.05 bits per heavy atom. The highest BCUT2D eigenvalue weighted by atomic mass is 15.2. The van der Waals surface area contributed by atoms with Crippen LogP contribution in [0.4, 0.5) is 0 Å². The van der Waals surface area contributed by atoms with Crippen LogP contribution >= 0.6 is 0 Å². The topological polar surface area (TPSA) is 42.3 Å². The minimum atomic E-state index is -0.309. The van der Waals surface area contributed by atoms with E-state index in [1.165, 1.54) is 6.42 Å². The summed E-state index contributed by atoms with van der Waals surface area (Å²) in [5.74, 6) is 0.671. The van der Waals surface area contributed by atoms with Gasteiger partial charge in [-0.05, 0) is 52.7 Å². The molecule has 0 aliphatic heterocycles. The summed E-state index contributed by atoms with van der Waals surface area (Å²) in [5, 5.41) is 12.8. The number of hydrogen-bond donors (Lipinski definition) is 1. The second kappa shape index (κ2) is 7.97. The summed E-state index contributed by atoms with van der Waals surface area (Å²) in [6, 6.07) is 3.06. The van der Waals surface area contributed by atoms with Crippen LogP contribution < -0.4 is 5.32 Å². The van der Waals surface area contributed by atoms with Crippen LogP contribution in [0.25, 0.3) is 0 Å². The van der Waals surface area contributed by atoms with E-state index in [1.807, 2.05) is 7.05 Å². The van der Waals surface area contributed by atoms with Crippen LogP contribution in [0.15, 0.2) is 0 Å². The number of likely N-dealkylation sites (N-methyl/N-ethyl adjacent to an activating group) is 1. The predicted octanol–water partition coefficient (Wildman–Crippen LogP) is 1.93. The van der Waals surface area contributed by atoms with Gasteiger partial charge in [0.25, 0.3) is 0 Å². The molecule has 0 saturated heterocycles. The molecule has 0 bridgehead atoms. The highest BCUT2D eigenvalue weighted by molar-refractivity contribution is 5.10. The third-order valence-corrected chi connectivity index (χ3v) is 4.37. The SMILES string of the molecule is CNC1(C#N)CCCC(N(CCN(C)C)CC(C)C)C1. The van der Waals surface area contributed by atoms with Gasteiger partial charge in [0, 0.05) is 25.7 Å². The lowest BCUT2D eigenvalue weighted by Gasteiger charge is -2.42. The zero-order valence-corrected chi connectivity index (χ0v) is 13.9. The first-order valence-electron chi connectivity index (χ1n) is 7.91. The Hall–Kier alpha value is -0.630. The lowest BCUT2D eigenvalue weighted by atomic mass is 9.79. The van der Waals surface area contributed by atoms with Crippen LogP contribution in [-0.2, 0) is 0 Å². The molecule has 4 nitrogen and oxygen atoms in total. The molecule has 0 radical (unpaired) electrons. The second-order valence-corrected chi connectivity index (χ2v) is 6.89. The number of hydrogen-bond acceptors (Lipinski definition) is 4. The Morgan fingerprint density at radius 3 is 2.55 bits per heavy atom. The molecular formula is C16H32N4. The number of nitrogens with zero attached hydrogens (tertiary/aromatic N) is 3. The monoisotopic (exact) mass is 280 g/mol. The van der Waals surface area contributed by atoms with Gasteiger partial charge in [0.2, 0.25) is 0 Å². The van der Waals surface area contributed by atoms with Crippen molar-refractivity contribution >= 4 is 0 Å². The smallest absolute Gasteiger partial charge is 0.108 e. The van der Waals surface area contributed by atoms with E-state index in [0.29, 0.717) is 12.0 Å². The van der Waals surface area contributed by atoms with Gasteiger partial charge in [-0.2, -0.15) is 5.26 Å². The molecule has 2 unspecified atom stereocenters. The molecule has 0 heterocycles. The molecule has 116 valence electrons. The highest BCUT2D eigenvalue weighted by Gasteiger charge is 2.37. The van der Waals surface area contributed by atoms with Gasteiger partial charge in [-0.15, -0.1) is 0 Å². The molecule has 0 spiro atoms. The van der Waals surface area contributed by atoms with Crippen molar-refractivity contribution in [3.8, 4) is 6.07 Å². The van der Waals surface area contributed by atoms with Crippen molar-refractivity contribution in [2.24, 2.45) is 5.92 Å². The van der Waals surface area contributed by atoms with E-state index in [1.54, 1.807) is 0 Å². The second-order valence-electron chi connectivity index (χ2n) is 6.89. The average Bonchev–Trinajstić information content (AvgIpc) is 2.42. The lowest BCUT2D eigenvalue weighted by molar-refractivity contribution is 0.103. The summed E-state index contributed by atoms with van der Waals surface area (Å²) in [5.41, 5.74) is -0.309. The Bertz CT molecular complexity index is 321. The molecule has 4 heteroatoms. The average molecular weight is 280 g/mol. The van der Waals surface area contributed by atoms with Gasteiger partial charge >= 0.3 is 0 Å². The van der Waals surface area contributed by atoms with Crippen molar-refractivity contribution in [2.45, 2.75) is 51.1 Å². The van der Waals surface area contributed by atoms with E-state index in [-0.39, 0.29) is 5.54 Å². The molecule has 1 saturated carbocycles. The van der Waals surface area contributed by atoms with E-state index < -0.39 is 0 Å². The first kappa shape index (κ1) is 17.4. The van der Waals surface area contributed by atoms with Gasteiger partial charge in [-0.3, -0.25) is 4.90 Å². The van der Waals surface area contributed by atoms with Crippen molar-refractivity contribution < 1.29 is 0 Å². The Labute approximate surface area is 125 Å². The first-order chi connectivity index (χ1) is 9.42. The van der Waals surface area contributed by atoms with Gasteiger partial charge < -0.3 is 10.2 Å². The number of rotatable bonds is 7. The Morgan fingerprint density at radius 1 is 1.35 bits per heavy atom. The van der Waals surface area contributed by atoms with E-state index in [2.05, 4.69) is 49.1 Å². The molecule has 0 aromatic carbocycles. The van der Waals surface area contributed by atoms with E-state index in [0.717, 1.165) is 38.9 Å². The zero-order chi connectivity index (χ0) is 15.2. The molecule has 0 aromatic heterocycles. The zero-order valence-electron chi connectivity index (χ0n) is 13.9. The minimum Gasteiger partial charge on any atom is -0.308 e. The normalized spacial score (nSPS) is 27.2. The van der Waals surface area contributed by atoms with E-state index >= 15 is 0 Å². The molecule has 20 heavy (non-hydrogen) atoms. The maximum absolute atomic E-state index is 9.50. The fourth-order valence-electron chi connectivity index (χ4n) is 3.16. The van der Waals surface area contributed by atoms with Gasteiger partial charge in [0.1, 0.15) is 5.54 Å². The number of nitrogens with one attached hydrogen (secondary N) is 1. The summed E-state index contributed by atoms with van der Waals surface area (Å²) < 4.78 is 0. The largest absolute Gasteiger partial charge is 0.308 e. The van der Waals surface area contributed by atoms with Crippen LogP contribution in [0, 0.1) is 17.2 Å².